The summed E-state index contributed by atoms with van der Waals surface area (Å²) in [6.07, 6.45) is 0.716. The minimum Gasteiger partial charge on any atom is -0.384 e. The first kappa shape index (κ1) is 15.5. The number of hydrogen-bond acceptors (Lipinski definition) is 3. The Labute approximate surface area is 126 Å². The molecule has 1 saturated heterocycles. The lowest BCUT2D eigenvalue weighted by Crippen LogP contribution is -2.46. The number of aliphatic hydroxyl groups is 1. The van der Waals surface area contributed by atoms with Crippen LogP contribution in [0.1, 0.15) is 25.3 Å². The Morgan fingerprint density at radius 1 is 1.35 bits per heavy atom. The van der Waals surface area contributed by atoms with Gasteiger partial charge in [-0.25, -0.2) is 4.39 Å². The van der Waals surface area contributed by atoms with Crippen molar-refractivity contribution in [2.75, 3.05) is 13.2 Å². The number of nitriles is 1. The Kier molecular flexibility index (Phi) is 4.27. The molecule has 0 aliphatic carbocycles. The number of halogens is 3. The highest BCUT2D eigenvalue weighted by Gasteiger charge is 2.50. The van der Waals surface area contributed by atoms with E-state index >= 15 is 0 Å². The molecule has 1 aromatic rings. The molecule has 0 amide bonds. The van der Waals surface area contributed by atoms with E-state index in [0.29, 0.717) is 26.1 Å². The fourth-order valence-corrected chi connectivity index (χ4v) is 3.15. The molecule has 0 spiro atoms. The van der Waals surface area contributed by atoms with Gasteiger partial charge in [0.1, 0.15) is 11.4 Å². The smallest absolute Gasteiger partial charge is 0.142 e. The number of rotatable bonds is 2. The third-order valence-electron chi connectivity index (χ3n) is 4.03. The quantitative estimate of drug-likeness (QED) is 0.847. The van der Waals surface area contributed by atoms with Crippen molar-refractivity contribution in [1.29, 1.82) is 5.26 Å². The SMILES string of the molecule is CC(O)(c1cc(F)c(Cl)cc1Cl)C1(C#N)CCOCC1. The van der Waals surface area contributed by atoms with E-state index in [4.69, 9.17) is 27.9 Å². The molecule has 1 unspecified atom stereocenters. The van der Waals surface area contributed by atoms with Crippen LogP contribution in [-0.4, -0.2) is 18.3 Å². The van der Waals surface area contributed by atoms with Gasteiger partial charge in [0.25, 0.3) is 0 Å². The van der Waals surface area contributed by atoms with Gasteiger partial charge in [0.15, 0.2) is 0 Å². The summed E-state index contributed by atoms with van der Waals surface area (Å²) in [5, 5.41) is 20.4. The van der Waals surface area contributed by atoms with Gasteiger partial charge in [-0.3, -0.25) is 0 Å². The molecule has 2 rings (SSSR count). The minimum atomic E-state index is -1.59. The zero-order valence-electron chi connectivity index (χ0n) is 10.9. The van der Waals surface area contributed by atoms with E-state index in [1.807, 2.05) is 0 Å². The fraction of sp³-hybridized carbons (Fsp3) is 0.500. The van der Waals surface area contributed by atoms with E-state index in [-0.39, 0.29) is 15.6 Å². The first-order valence-electron chi connectivity index (χ1n) is 6.20. The molecule has 0 saturated carbocycles. The highest BCUT2D eigenvalue weighted by atomic mass is 35.5. The van der Waals surface area contributed by atoms with Gasteiger partial charge in [0.2, 0.25) is 0 Å². The van der Waals surface area contributed by atoms with Crippen LogP contribution in [-0.2, 0) is 10.3 Å². The van der Waals surface area contributed by atoms with Crippen molar-refractivity contribution in [1.82, 2.24) is 0 Å². The van der Waals surface area contributed by atoms with Crippen LogP contribution >= 0.6 is 23.2 Å². The monoisotopic (exact) mass is 317 g/mol. The van der Waals surface area contributed by atoms with E-state index in [2.05, 4.69) is 6.07 Å². The van der Waals surface area contributed by atoms with E-state index in [9.17, 15) is 14.8 Å². The molecule has 0 aromatic heterocycles. The molecule has 108 valence electrons. The van der Waals surface area contributed by atoms with E-state index < -0.39 is 16.8 Å². The molecule has 20 heavy (non-hydrogen) atoms. The van der Waals surface area contributed by atoms with Gasteiger partial charge in [-0.1, -0.05) is 23.2 Å². The Balaban J connectivity index is 2.54. The molecule has 6 heteroatoms. The Morgan fingerprint density at radius 2 is 1.95 bits per heavy atom. The van der Waals surface area contributed by atoms with Gasteiger partial charge >= 0.3 is 0 Å². The third kappa shape index (κ3) is 2.40. The minimum absolute atomic E-state index is 0.118. The first-order valence-corrected chi connectivity index (χ1v) is 6.96. The molecule has 1 atom stereocenters. The Hall–Kier alpha value is -0.860. The fourth-order valence-electron chi connectivity index (χ4n) is 2.58. The van der Waals surface area contributed by atoms with Gasteiger partial charge in [-0.2, -0.15) is 5.26 Å². The van der Waals surface area contributed by atoms with Crippen molar-refractivity contribution in [2.24, 2.45) is 5.41 Å². The van der Waals surface area contributed by atoms with Gasteiger partial charge in [-0.15, -0.1) is 0 Å². The molecule has 1 N–H and O–H groups in total. The molecule has 3 nitrogen and oxygen atoms in total. The normalized spacial score (nSPS) is 21.0. The lowest BCUT2D eigenvalue weighted by molar-refractivity contribution is -0.0975. The van der Waals surface area contributed by atoms with Crippen LogP contribution in [0.4, 0.5) is 4.39 Å². The zero-order chi connectivity index (χ0) is 15.0. The molecular weight excluding hydrogens is 304 g/mol. The van der Waals surface area contributed by atoms with Crippen molar-refractivity contribution in [3.63, 3.8) is 0 Å². The summed E-state index contributed by atoms with van der Waals surface area (Å²) in [6.45, 7) is 2.23. The van der Waals surface area contributed by atoms with Crippen LogP contribution in [0.25, 0.3) is 0 Å². The molecule has 1 aliphatic rings. The second-order valence-electron chi connectivity index (χ2n) is 5.12. The van der Waals surface area contributed by atoms with Crippen LogP contribution in [0.3, 0.4) is 0 Å². The van der Waals surface area contributed by atoms with Crippen molar-refractivity contribution in [2.45, 2.75) is 25.4 Å². The van der Waals surface area contributed by atoms with Gasteiger partial charge in [0, 0.05) is 23.8 Å². The number of hydrogen-bond donors (Lipinski definition) is 1. The van der Waals surface area contributed by atoms with Crippen molar-refractivity contribution >= 4 is 23.2 Å². The average molecular weight is 318 g/mol. The molecular formula is C14H14Cl2FNO2. The Morgan fingerprint density at radius 3 is 2.50 bits per heavy atom. The average Bonchev–Trinajstić information content (AvgIpc) is 2.43. The molecule has 1 fully saturated rings. The lowest BCUT2D eigenvalue weighted by atomic mass is 9.65. The van der Waals surface area contributed by atoms with Crippen molar-refractivity contribution in [3.8, 4) is 6.07 Å². The summed E-state index contributed by atoms with van der Waals surface area (Å²) in [5.41, 5.74) is -2.48. The van der Waals surface area contributed by atoms with E-state index in [1.165, 1.54) is 13.0 Å². The predicted octanol–water partition coefficient (Wildman–Crippen LogP) is 3.66. The summed E-state index contributed by atoms with van der Waals surface area (Å²) >= 11 is 11.7. The Bertz CT molecular complexity index is 563. The summed E-state index contributed by atoms with van der Waals surface area (Å²) in [4.78, 5) is 0. The highest BCUT2D eigenvalue weighted by Crippen LogP contribution is 2.48. The maximum atomic E-state index is 13.7. The number of benzene rings is 1. The standard InChI is InChI=1S/C14H14Cl2FNO2/c1-13(19,14(8-18)2-4-20-5-3-14)9-6-12(17)11(16)7-10(9)15/h6-7,19H,2-5H2,1H3. The second-order valence-corrected chi connectivity index (χ2v) is 5.94. The highest BCUT2D eigenvalue weighted by molar-refractivity contribution is 6.35. The molecule has 1 heterocycles. The van der Waals surface area contributed by atoms with Crippen molar-refractivity contribution in [3.05, 3.63) is 33.6 Å². The predicted molar refractivity (Wildman–Crippen MR) is 74.1 cm³/mol. The molecule has 1 aliphatic heterocycles. The lowest BCUT2D eigenvalue weighted by Gasteiger charge is -2.43. The second kappa shape index (κ2) is 5.50. The van der Waals surface area contributed by atoms with Crippen LogP contribution < -0.4 is 0 Å². The third-order valence-corrected chi connectivity index (χ3v) is 4.63. The molecule has 0 radical (unpaired) electrons. The summed E-state index contributed by atoms with van der Waals surface area (Å²) in [7, 11) is 0. The largest absolute Gasteiger partial charge is 0.384 e. The van der Waals surface area contributed by atoms with Gasteiger partial charge < -0.3 is 9.84 Å². The number of nitrogens with zero attached hydrogens (tertiary/aromatic N) is 1. The maximum absolute atomic E-state index is 13.7. The summed E-state index contributed by atoms with van der Waals surface area (Å²) in [6, 6.07) is 4.51. The maximum Gasteiger partial charge on any atom is 0.142 e. The van der Waals surface area contributed by atoms with Gasteiger partial charge in [-0.05, 0) is 31.9 Å². The molecule has 0 bridgehead atoms. The van der Waals surface area contributed by atoms with Crippen molar-refractivity contribution < 1.29 is 14.2 Å². The summed E-state index contributed by atoms with van der Waals surface area (Å²) < 4.78 is 18.9. The van der Waals surface area contributed by atoms with Gasteiger partial charge in [0.05, 0.1) is 16.5 Å². The van der Waals surface area contributed by atoms with E-state index in [0.717, 1.165) is 6.07 Å². The molecule has 1 aromatic carbocycles. The summed E-state index contributed by atoms with van der Waals surface area (Å²) in [5.74, 6) is -0.675. The van der Waals surface area contributed by atoms with Crippen LogP contribution in [0.15, 0.2) is 12.1 Å². The zero-order valence-corrected chi connectivity index (χ0v) is 12.4. The van der Waals surface area contributed by atoms with Crippen LogP contribution in [0.2, 0.25) is 10.0 Å². The topological polar surface area (TPSA) is 53.2 Å². The first-order chi connectivity index (χ1) is 9.34. The number of ether oxygens (including phenoxy) is 1. The van der Waals surface area contributed by atoms with Crippen LogP contribution in [0.5, 0.6) is 0 Å². The van der Waals surface area contributed by atoms with E-state index in [1.54, 1.807) is 0 Å². The van der Waals surface area contributed by atoms with Crippen LogP contribution in [0, 0.1) is 22.6 Å².